The molecule has 2 heterocycles. The fourth-order valence-corrected chi connectivity index (χ4v) is 4.86. The second-order valence-corrected chi connectivity index (χ2v) is 10.6. The highest BCUT2D eigenvalue weighted by molar-refractivity contribution is 5.94. The summed E-state index contributed by atoms with van der Waals surface area (Å²) in [5.41, 5.74) is 1.46. The fourth-order valence-electron chi connectivity index (χ4n) is 4.86. The number of piperazine rings is 1. The maximum atomic E-state index is 12.5. The molecule has 0 saturated carbocycles. The zero-order valence-corrected chi connectivity index (χ0v) is 22.0. The van der Waals surface area contributed by atoms with Crippen LogP contribution in [0.3, 0.4) is 0 Å². The highest BCUT2D eigenvalue weighted by Gasteiger charge is 2.21. The summed E-state index contributed by atoms with van der Waals surface area (Å²) in [5, 5.41) is 7.71. The Kier molecular flexibility index (Phi) is 7.33. The third-order valence-electron chi connectivity index (χ3n) is 6.73. The third kappa shape index (κ3) is 6.05. The maximum absolute atomic E-state index is 12.5. The van der Waals surface area contributed by atoms with Crippen molar-refractivity contribution in [2.75, 3.05) is 44.2 Å². The number of hydrogen-bond donors (Lipinski definition) is 0. The maximum Gasteiger partial charge on any atom is 0.435 e. The molecule has 3 aromatic carbocycles. The van der Waals surface area contributed by atoms with Gasteiger partial charge in [-0.2, -0.15) is 9.78 Å². The van der Waals surface area contributed by atoms with Gasteiger partial charge in [-0.05, 0) is 63.7 Å². The Bertz CT molecular complexity index is 1360. The molecule has 1 fully saturated rings. The first-order valence-electron chi connectivity index (χ1n) is 13.2. The van der Waals surface area contributed by atoms with Gasteiger partial charge in [0.2, 0.25) is 0 Å². The van der Waals surface area contributed by atoms with Gasteiger partial charge in [0.05, 0.1) is 18.3 Å². The van der Waals surface area contributed by atoms with Gasteiger partial charge >= 0.3 is 6.09 Å². The topological polar surface area (TPSA) is 59.8 Å². The van der Waals surface area contributed by atoms with Gasteiger partial charge in [0.15, 0.2) is 0 Å². The number of benzene rings is 3. The molecule has 5 rings (SSSR count). The fraction of sp³-hybridized carbons (Fsp3) is 0.400. The van der Waals surface area contributed by atoms with E-state index in [1.807, 2.05) is 39.0 Å². The van der Waals surface area contributed by atoms with Crippen molar-refractivity contribution in [1.29, 1.82) is 0 Å². The van der Waals surface area contributed by atoms with Crippen LogP contribution in [0, 0.1) is 0 Å². The van der Waals surface area contributed by atoms with Gasteiger partial charge in [0.1, 0.15) is 11.4 Å². The summed E-state index contributed by atoms with van der Waals surface area (Å²) in [4.78, 5) is 17.5. The van der Waals surface area contributed by atoms with E-state index in [4.69, 9.17) is 9.47 Å². The van der Waals surface area contributed by atoms with Crippen molar-refractivity contribution in [2.45, 2.75) is 39.2 Å². The molecule has 194 valence electrons. The van der Waals surface area contributed by atoms with Crippen LogP contribution in [0.2, 0.25) is 0 Å². The molecule has 1 aliphatic heterocycles. The molecular weight excluding hydrogens is 464 g/mol. The molecular formula is C30H36N4O3. The van der Waals surface area contributed by atoms with Gasteiger partial charge in [-0.1, -0.05) is 36.4 Å². The van der Waals surface area contributed by atoms with Crippen LogP contribution >= 0.6 is 0 Å². The van der Waals surface area contributed by atoms with Crippen LogP contribution in [0.5, 0.6) is 5.75 Å². The number of hydrogen-bond acceptors (Lipinski definition) is 6. The lowest BCUT2D eigenvalue weighted by Crippen LogP contribution is -2.46. The van der Waals surface area contributed by atoms with E-state index < -0.39 is 11.7 Å². The van der Waals surface area contributed by atoms with E-state index in [1.54, 1.807) is 6.20 Å². The molecule has 0 radical (unpaired) electrons. The highest BCUT2D eigenvalue weighted by Crippen LogP contribution is 2.27. The second-order valence-electron chi connectivity index (χ2n) is 10.6. The van der Waals surface area contributed by atoms with E-state index in [0.717, 1.165) is 56.7 Å². The molecule has 37 heavy (non-hydrogen) atoms. The third-order valence-corrected chi connectivity index (χ3v) is 6.73. The van der Waals surface area contributed by atoms with Crippen LogP contribution in [0.15, 0.2) is 66.9 Å². The SMILES string of the molecule is CC(C)(C)OC(=O)n1ncc2ccc(OCCCCN3CCN(c4cccc5ccccc45)CC3)cc21. The van der Waals surface area contributed by atoms with Crippen LogP contribution in [0.4, 0.5) is 10.5 Å². The molecule has 0 spiro atoms. The Hall–Kier alpha value is -3.58. The second kappa shape index (κ2) is 10.8. The monoisotopic (exact) mass is 500 g/mol. The number of fused-ring (bicyclic) bond motifs is 2. The summed E-state index contributed by atoms with van der Waals surface area (Å²) in [6.07, 6.45) is 3.25. The molecule has 0 unspecified atom stereocenters. The van der Waals surface area contributed by atoms with Gasteiger partial charge in [-0.15, -0.1) is 0 Å². The molecule has 0 aliphatic carbocycles. The first kappa shape index (κ1) is 25.1. The number of unbranched alkanes of at least 4 members (excludes halogenated alkanes) is 1. The van der Waals surface area contributed by atoms with E-state index in [1.165, 1.54) is 21.1 Å². The van der Waals surface area contributed by atoms with Crippen molar-refractivity contribution in [2.24, 2.45) is 0 Å². The normalized spacial score (nSPS) is 14.8. The molecule has 1 aromatic heterocycles. The molecule has 1 aliphatic rings. The van der Waals surface area contributed by atoms with E-state index >= 15 is 0 Å². The largest absolute Gasteiger partial charge is 0.494 e. The number of anilines is 1. The smallest absolute Gasteiger partial charge is 0.435 e. The van der Waals surface area contributed by atoms with E-state index in [2.05, 4.69) is 57.4 Å². The molecule has 0 N–H and O–H groups in total. The van der Waals surface area contributed by atoms with E-state index in [9.17, 15) is 4.79 Å². The quantitative estimate of drug-likeness (QED) is 0.292. The molecule has 0 atom stereocenters. The minimum Gasteiger partial charge on any atom is -0.494 e. The van der Waals surface area contributed by atoms with Crippen LogP contribution in [0.1, 0.15) is 33.6 Å². The lowest BCUT2D eigenvalue weighted by atomic mass is 10.1. The van der Waals surface area contributed by atoms with Crippen LogP contribution in [0.25, 0.3) is 21.7 Å². The predicted molar refractivity (Wildman–Crippen MR) is 149 cm³/mol. The van der Waals surface area contributed by atoms with Crippen molar-refractivity contribution in [3.63, 3.8) is 0 Å². The van der Waals surface area contributed by atoms with Crippen molar-refractivity contribution < 1.29 is 14.3 Å². The molecule has 7 nitrogen and oxygen atoms in total. The molecule has 4 aromatic rings. The predicted octanol–water partition coefficient (Wildman–Crippen LogP) is 5.95. The minimum absolute atomic E-state index is 0.486. The average molecular weight is 501 g/mol. The Morgan fingerprint density at radius 1 is 0.919 bits per heavy atom. The summed E-state index contributed by atoms with van der Waals surface area (Å²) >= 11 is 0. The Morgan fingerprint density at radius 3 is 2.51 bits per heavy atom. The first-order chi connectivity index (χ1) is 17.9. The van der Waals surface area contributed by atoms with E-state index in [-0.39, 0.29) is 0 Å². The summed E-state index contributed by atoms with van der Waals surface area (Å²) in [6, 6.07) is 20.9. The molecule has 1 saturated heterocycles. The van der Waals surface area contributed by atoms with Crippen LogP contribution < -0.4 is 9.64 Å². The molecule has 0 amide bonds. The van der Waals surface area contributed by atoms with Gasteiger partial charge in [0, 0.05) is 48.7 Å². The Morgan fingerprint density at radius 2 is 1.70 bits per heavy atom. The van der Waals surface area contributed by atoms with E-state index in [0.29, 0.717) is 12.1 Å². The summed E-state index contributed by atoms with van der Waals surface area (Å²) in [7, 11) is 0. The summed E-state index contributed by atoms with van der Waals surface area (Å²) < 4.78 is 12.8. The number of carbonyl (C=O) groups excluding carboxylic acids is 1. The van der Waals surface area contributed by atoms with Crippen molar-refractivity contribution >= 4 is 33.5 Å². The number of ether oxygens (including phenoxy) is 2. The minimum atomic E-state index is -0.577. The van der Waals surface area contributed by atoms with Gasteiger partial charge in [-0.3, -0.25) is 4.90 Å². The van der Waals surface area contributed by atoms with Crippen LogP contribution in [-0.2, 0) is 4.74 Å². The number of rotatable bonds is 7. The van der Waals surface area contributed by atoms with Crippen LogP contribution in [-0.4, -0.2) is 65.7 Å². The highest BCUT2D eigenvalue weighted by atomic mass is 16.6. The molecule has 0 bridgehead atoms. The van der Waals surface area contributed by atoms with Gasteiger partial charge < -0.3 is 14.4 Å². The number of carbonyl (C=O) groups is 1. The zero-order chi connectivity index (χ0) is 25.8. The zero-order valence-electron chi connectivity index (χ0n) is 22.0. The Labute approximate surface area is 218 Å². The number of nitrogens with zero attached hydrogens (tertiary/aromatic N) is 4. The van der Waals surface area contributed by atoms with Crippen molar-refractivity contribution in [3.05, 3.63) is 66.9 Å². The van der Waals surface area contributed by atoms with Crippen molar-refractivity contribution in [3.8, 4) is 5.75 Å². The summed E-state index contributed by atoms with van der Waals surface area (Å²) in [5.74, 6) is 0.738. The average Bonchev–Trinajstić information content (AvgIpc) is 3.31. The van der Waals surface area contributed by atoms with Crippen molar-refractivity contribution in [1.82, 2.24) is 14.7 Å². The number of aromatic nitrogens is 2. The first-order valence-corrected chi connectivity index (χ1v) is 13.2. The van der Waals surface area contributed by atoms with Gasteiger partial charge in [0.25, 0.3) is 0 Å². The lowest BCUT2D eigenvalue weighted by molar-refractivity contribution is 0.0522. The lowest BCUT2D eigenvalue weighted by Gasteiger charge is -2.36. The van der Waals surface area contributed by atoms with Gasteiger partial charge in [-0.25, -0.2) is 4.79 Å². The molecule has 7 heteroatoms. The Balaban J connectivity index is 1.07. The standard InChI is InChI=1S/C30H36N4O3/c1-30(2,3)37-29(35)34-28-21-25(14-13-24(28)22-31-34)36-20-7-6-15-32-16-18-33(19-17-32)27-12-8-10-23-9-4-5-11-26(23)27/h4-5,8-14,21-22H,6-7,15-20H2,1-3H3. The summed E-state index contributed by atoms with van der Waals surface area (Å²) in [6.45, 7) is 11.5.